The molecule has 0 amide bonds. The molecule has 0 atom stereocenters. The summed E-state index contributed by atoms with van der Waals surface area (Å²) in [5, 5.41) is 9.49. The van der Waals surface area contributed by atoms with Crippen LogP contribution in [-0.4, -0.2) is 32.1 Å². The van der Waals surface area contributed by atoms with Gasteiger partial charge in [0.2, 0.25) is 10.0 Å². The third-order valence-corrected chi connectivity index (χ3v) is 5.59. The Kier molecular flexibility index (Phi) is 8.66. The second kappa shape index (κ2) is 9.69. The SMILES string of the molecule is CSCCCCCCNS(=O)(=O)c1ccc(Cl)c(CO)c1. The lowest BCUT2D eigenvalue weighted by Crippen LogP contribution is -2.25. The maximum Gasteiger partial charge on any atom is 0.240 e. The van der Waals surface area contributed by atoms with Crippen molar-refractivity contribution in [1.29, 1.82) is 0 Å². The number of thioether (sulfide) groups is 1. The van der Waals surface area contributed by atoms with Gasteiger partial charge in [-0.25, -0.2) is 13.1 Å². The van der Waals surface area contributed by atoms with E-state index in [1.807, 2.05) is 11.8 Å². The summed E-state index contributed by atoms with van der Waals surface area (Å²) in [6.45, 7) is 0.149. The van der Waals surface area contributed by atoms with Crippen molar-refractivity contribution in [3.8, 4) is 0 Å². The van der Waals surface area contributed by atoms with E-state index in [1.54, 1.807) is 0 Å². The van der Waals surface area contributed by atoms with Crippen molar-refractivity contribution in [1.82, 2.24) is 4.72 Å². The summed E-state index contributed by atoms with van der Waals surface area (Å²) in [5.74, 6) is 1.15. The third-order valence-electron chi connectivity index (χ3n) is 3.07. The molecular formula is C14H22ClNO3S2. The lowest BCUT2D eigenvalue weighted by atomic mass is 10.2. The molecule has 4 nitrogen and oxygen atoms in total. The number of aliphatic hydroxyl groups excluding tert-OH is 1. The Labute approximate surface area is 136 Å². The van der Waals surface area contributed by atoms with Crippen molar-refractivity contribution >= 4 is 33.4 Å². The van der Waals surface area contributed by atoms with Gasteiger partial charge in [-0.15, -0.1) is 0 Å². The van der Waals surface area contributed by atoms with Crippen LogP contribution in [0.5, 0.6) is 0 Å². The minimum Gasteiger partial charge on any atom is -0.392 e. The van der Waals surface area contributed by atoms with E-state index in [1.165, 1.54) is 24.6 Å². The monoisotopic (exact) mass is 351 g/mol. The topological polar surface area (TPSA) is 66.4 Å². The van der Waals surface area contributed by atoms with Crippen LogP contribution in [0.2, 0.25) is 5.02 Å². The summed E-state index contributed by atoms with van der Waals surface area (Å²) in [5.41, 5.74) is 0.414. The number of rotatable bonds is 10. The molecule has 1 aromatic rings. The highest BCUT2D eigenvalue weighted by Gasteiger charge is 2.14. The molecule has 2 N–H and O–H groups in total. The molecular weight excluding hydrogens is 330 g/mol. The van der Waals surface area contributed by atoms with Gasteiger partial charge in [0.15, 0.2) is 0 Å². The summed E-state index contributed by atoms with van der Waals surface area (Å²) >= 11 is 7.69. The second-order valence-corrected chi connectivity index (χ2v) is 7.88. The first-order valence-electron chi connectivity index (χ1n) is 6.89. The van der Waals surface area contributed by atoms with E-state index in [2.05, 4.69) is 11.0 Å². The van der Waals surface area contributed by atoms with Crippen molar-refractivity contribution < 1.29 is 13.5 Å². The normalized spacial score (nSPS) is 11.8. The number of unbranched alkanes of at least 4 members (excludes halogenated alkanes) is 3. The third kappa shape index (κ3) is 6.57. The van der Waals surface area contributed by atoms with Crippen LogP contribution in [-0.2, 0) is 16.6 Å². The lowest BCUT2D eigenvalue weighted by molar-refractivity contribution is 0.281. The molecule has 0 unspecified atom stereocenters. The van der Waals surface area contributed by atoms with Crippen molar-refractivity contribution in [3.05, 3.63) is 28.8 Å². The molecule has 0 aromatic heterocycles. The molecule has 0 saturated carbocycles. The maximum atomic E-state index is 12.1. The quantitative estimate of drug-likeness (QED) is 0.636. The fourth-order valence-corrected chi connectivity index (χ4v) is 3.65. The molecule has 0 bridgehead atoms. The summed E-state index contributed by atoms with van der Waals surface area (Å²) in [4.78, 5) is 0.137. The summed E-state index contributed by atoms with van der Waals surface area (Å²) < 4.78 is 26.8. The van der Waals surface area contributed by atoms with Crippen molar-refractivity contribution in [2.45, 2.75) is 37.2 Å². The van der Waals surface area contributed by atoms with Crippen LogP contribution in [0.25, 0.3) is 0 Å². The van der Waals surface area contributed by atoms with Crippen molar-refractivity contribution in [2.75, 3.05) is 18.6 Å². The largest absolute Gasteiger partial charge is 0.392 e. The Hall–Kier alpha value is -0.270. The van der Waals surface area contributed by atoms with Crippen LogP contribution in [0, 0.1) is 0 Å². The zero-order chi connectivity index (χ0) is 15.7. The van der Waals surface area contributed by atoms with Crippen LogP contribution < -0.4 is 4.72 Å². The Balaban J connectivity index is 2.46. The lowest BCUT2D eigenvalue weighted by Gasteiger charge is -2.09. The predicted molar refractivity (Wildman–Crippen MR) is 89.4 cm³/mol. The highest BCUT2D eigenvalue weighted by Crippen LogP contribution is 2.20. The average molecular weight is 352 g/mol. The molecule has 0 spiro atoms. The smallest absolute Gasteiger partial charge is 0.240 e. The molecule has 0 heterocycles. The molecule has 0 saturated heterocycles. The number of sulfonamides is 1. The predicted octanol–water partition coefficient (Wildman–Crippen LogP) is 3.03. The molecule has 0 aliphatic rings. The fourth-order valence-electron chi connectivity index (χ4n) is 1.85. The number of hydrogen-bond acceptors (Lipinski definition) is 4. The minimum atomic E-state index is -3.53. The van der Waals surface area contributed by atoms with Gasteiger partial charge in [-0.2, -0.15) is 11.8 Å². The Morgan fingerprint density at radius 3 is 2.62 bits per heavy atom. The second-order valence-electron chi connectivity index (χ2n) is 4.72. The molecule has 1 rings (SSSR count). The molecule has 120 valence electrons. The number of benzene rings is 1. The zero-order valence-corrected chi connectivity index (χ0v) is 14.5. The maximum absolute atomic E-state index is 12.1. The number of halogens is 1. The number of aliphatic hydroxyl groups is 1. The number of hydrogen-bond donors (Lipinski definition) is 2. The molecule has 0 aliphatic carbocycles. The average Bonchev–Trinajstić information content (AvgIpc) is 2.46. The van der Waals surface area contributed by atoms with Gasteiger partial charge in [-0.1, -0.05) is 24.4 Å². The van der Waals surface area contributed by atoms with Gasteiger partial charge < -0.3 is 5.11 Å². The van der Waals surface area contributed by atoms with E-state index in [0.29, 0.717) is 17.1 Å². The fraction of sp³-hybridized carbons (Fsp3) is 0.571. The molecule has 0 fully saturated rings. The minimum absolute atomic E-state index is 0.137. The van der Waals surface area contributed by atoms with Gasteiger partial charge in [0.1, 0.15) is 0 Å². The Morgan fingerprint density at radius 2 is 1.95 bits per heavy atom. The molecule has 1 aromatic carbocycles. The van der Waals surface area contributed by atoms with E-state index in [-0.39, 0.29) is 11.5 Å². The summed E-state index contributed by atoms with van der Waals surface area (Å²) in [6, 6.07) is 4.34. The Bertz CT molecular complexity index is 535. The van der Waals surface area contributed by atoms with E-state index >= 15 is 0 Å². The van der Waals surface area contributed by atoms with E-state index in [4.69, 9.17) is 16.7 Å². The van der Waals surface area contributed by atoms with Crippen LogP contribution in [0.15, 0.2) is 23.1 Å². The first-order valence-corrected chi connectivity index (χ1v) is 10.1. The van der Waals surface area contributed by atoms with Crippen LogP contribution in [0.4, 0.5) is 0 Å². The molecule has 0 radical (unpaired) electrons. The highest BCUT2D eigenvalue weighted by molar-refractivity contribution is 7.98. The van der Waals surface area contributed by atoms with Gasteiger partial charge in [-0.3, -0.25) is 0 Å². The summed E-state index contributed by atoms with van der Waals surface area (Å²) in [6.07, 6.45) is 6.23. The standard InChI is InChI=1S/C14H22ClNO3S2/c1-20-9-5-3-2-4-8-16-21(18,19)13-6-7-14(15)12(10-13)11-17/h6-7,10,16-17H,2-5,8-9,11H2,1H3. The van der Waals surface area contributed by atoms with Crippen LogP contribution >= 0.6 is 23.4 Å². The Morgan fingerprint density at radius 1 is 1.24 bits per heavy atom. The van der Waals surface area contributed by atoms with Crippen LogP contribution in [0.1, 0.15) is 31.2 Å². The van der Waals surface area contributed by atoms with E-state index in [9.17, 15) is 8.42 Å². The molecule has 21 heavy (non-hydrogen) atoms. The van der Waals surface area contributed by atoms with E-state index < -0.39 is 10.0 Å². The first-order chi connectivity index (χ1) is 10.0. The number of nitrogens with one attached hydrogen (secondary N) is 1. The molecule has 7 heteroatoms. The summed E-state index contributed by atoms with van der Waals surface area (Å²) in [7, 11) is -3.53. The molecule has 0 aliphatic heterocycles. The zero-order valence-electron chi connectivity index (χ0n) is 12.1. The van der Waals surface area contributed by atoms with Gasteiger partial charge in [0, 0.05) is 11.6 Å². The highest BCUT2D eigenvalue weighted by atomic mass is 35.5. The van der Waals surface area contributed by atoms with Crippen molar-refractivity contribution in [3.63, 3.8) is 0 Å². The van der Waals surface area contributed by atoms with Crippen molar-refractivity contribution in [2.24, 2.45) is 0 Å². The van der Waals surface area contributed by atoms with Gasteiger partial charge in [0.05, 0.1) is 11.5 Å². The van der Waals surface area contributed by atoms with Gasteiger partial charge >= 0.3 is 0 Å². The van der Waals surface area contributed by atoms with Gasteiger partial charge in [0.25, 0.3) is 0 Å². The van der Waals surface area contributed by atoms with Crippen LogP contribution in [0.3, 0.4) is 0 Å². The first kappa shape index (κ1) is 18.8. The van der Waals surface area contributed by atoms with Gasteiger partial charge in [-0.05, 0) is 48.6 Å². The van der Waals surface area contributed by atoms with E-state index in [0.717, 1.165) is 25.0 Å².